The van der Waals surface area contributed by atoms with E-state index in [-0.39, 0.29) is 35.8 Å². The molecular weight excluding hydrogens is 642 g/mol. The van der Waals surface area contributed by atoms with E-state index < -0.39 is 50.4 Å². The number of unbranched alkanes of at least 4 members (excludes halogenated alkanes) is 9. The van der Waals surface area contributed by atoms with Crippen LogP contribution in [0.5, 0.6) is 5.75 Å². The number of para-hydroxylation sites is 1. The highest BCUT2D eigenvalue weighted by Gasteiger charge is 2.50. The van der Waals surface area contributed by atoms with Gasteiger partial charge in [0.15, 0.2) is 22.6 Å². The lowest BCUT2D eigenvalue weighted by atomic mass is 9.99. The van der Waals surface area contributed by atoms with Gasteiger partial charge in [-0.3, -0.25) is 13.9 Å². The highest BCUT2D eigenvalue weighted by molar-refractivity contribution is 7.52. The van der Waals surface area contributed by atoms with Crippen molar-refractivity contribution in [2.24, 2.45) is 0 Å². The molecule has 2 aromatic heterocycles. The number of rotatable bonds is 20. The van der Waals surface area contributed by atoms with E-state index >= 15 is 0 Å². The third-order valence-corrected chi connectivity index (χ3v) is 9.77. The Morgan fingerprint density at radius 2 is 1.85 bits per heavy atom. The van der Waals surface area contributed by atoms with Crippen molar-refractivity contribution in [2.75, 3.05) is 18.9 Å². The van der Waals surface area contributed by atoms with E-state index in [1.54, 1.807) is 30.3 Å². The summed E-state index contributed by atoms with van der Waals surface area (Å²) in [6, 6.07) is 7.16. The Morgan fingerprint density at radius 1 is 1.19 bits per heavy atom. The molecule has 0 aliphatic carbocycles. The van der Waals surface area contributed by atoms with Gasteiger partial charge in [0.1, 0.15) is 30.7 Å². The van der Waals surface area contributed by atoms with Crippen molar-refractivity contribution >= 4 is 30.7 Å². The number of hydrogen-bond donors (Lipinski definition) is 3. The van der Waals surface area contributed by atoms with E-state index in [4.69, 9.17) is 30.7 Å². The molecule has 3 aromatic rings. The first kappa shape index (κ1) is 37.2. The van der Waals surface area contributed by atoms with Crippen LogP contribution in [0.1, 0.15) is 90.7 Å². The predicted molar refractivity (Wildman–Crippen MR) is 178 cm³/mol. The van der Waals surface area contributed by atoms with E-state index in [2.05, 4.69) is 32.9 Å². The number of aliphatic hydroxyl groups excluding tert-OH is 1. The molecule has 4 N–H and O–H groups in total. The Bertz CT molecular complexity index is 1570. The van der Waals surface area contributed by atoms with Crippen molar-refractivity contribution in [3.63, 3.8) is 0 Å². The molecule has 13 nitrogen and oxygen atoms in total. The highest BCUT2D eigenvalue weighted by Crippen LogP contribution is 2.48. The third kappa shape index (κ3) is 9.96. The lowest BCUT2D eigenvalue weighted by Gasteiger charge is -2.29. The Labute approximate surface area is 280 Å². The van der Waals surface area contributed by atoms with Gasteiger partial charge in [-0.05, 0) is 25.5 Å². The minimum atomic E-state index is -4.33. The minimum Gasteiger partial charge on any atom is -0.465 e. The van der Waals surface area contributed by atoms with Crippen LogP contribution in [-0.4, -0.2) is 61.6 Å². The van der Waals surface area contributed by atoms with Gasteiger partial charge in [-0.2, -0.15) is 19.4 Å². The second kappa shape index (κ2) is 17.7. The molecule has 1 aromatic carbocycles. The molecule has 5 atom stereocenters. The Morgan fingerprint density at radius 3 is 2.52 bits per heavy atom. The summed E-state index contributed by atoms with van der Waals surface area (Å²) in [6.45, 7) is 3.33. The number of ether oxygens (including phenoxy) is 2. The number of aromatic nitrogens is 4. The summed E-state index contributed by atoms with van der Waals surface area (Å²) in [4.78, 5) is 24.2. The van der Waals surface area contributed by atoms with E-state index in [1.807, 2.05) is 0 Å². The number of esters is 1. The summed E-state index contributed by atoms with van der Waals surface area (Å²) >= 11 is 0. The van der Waals surface area contributed by atoms with Crippen LogP contribution in [0.2, 0.25) is 0 Å². The molecule has 0 unspecified atom stereocenters. The van der Waals surface area contributed by atoms with Crippen LogP contribution in [-0.2, 0) is 23.4 Å². The molecule has 0 radical (unpaired) electrons. The Balaban J connectivity index is 1.35. The van der Waals surface area contributed by atoms with Gasteiger partial charge in [-0.15, -0.1) is 6.42 Å². The quantitative estimate of drug-likeness (QED) is 0.0426. The second-order valence-electron chi connectivity index (χ2n) is 11.9. The number of anilines is 1. The summed E-state index contributed by atoms with van der Waals surface area (Å²) in [6.07, 6.45) is 15.2. The summed E-state index contributed by atoms with van der Waals surface area (Å²) < 4.78 is 52.4. The van der Waals surface area contributed by atoms with Gasteiger partial charge >= 0.3 is 19.8 Å². The van der Waals surface area contributed by atoms with Crippen molar-refractivity contribution in [2.45, 2.75) is 108 Å². The van der Waals surface area contributed by atoms with Crippen LogP contribution < -0.4 is 15.3 Å². The van der Waals surface area contributed by atoms with Crippen LogP contribution in [0.15, 0.2) is 36.7 Å². The fourth-order valence-corrected chi connectivity index (χ4v) is 6.93. The van der Waals surface area contributed by atoms with Gasteiger partial charge in [0, 0.05) is 6.42 Å². The number of carbonyl (C=O) groups excluding carboxylic acids is 1. The Hall–Kier alpha value is -3.60. The van der Waals surface area contributed by atoms with Crippen molar-refractivity contribution in [1.82, 2.24) is 24.6 Å². The molecule has 48 heavy (non-hydrogen) atoms. The number of terminal acetylenes is 1. The van der Waals surface area contributed by atoms with E-state index in [1.165, 1.54) is 56.3 Å². The van der Waals surface area contributed by atoms with Gasteiger partial charge in [-0.1, -0.05) is 88.8 Å². The minimum absolute atomic E-state index is 0.0378. The van der Waals surface area contributed by atoms with Crippen molar-refractivity contribution in [3.05, 3.63) is 42.7 Å². The zero-order valence-electron chi connectivity index (χ0n) is 27.6. The van der Waals surface area contributed by atoms with Crippen LogP contribution >= 0.6 is 7.75 Å². The van der Waals surface area contributed by atoms with Crippen LogP contribution in [0.4, 0.5) is 10.2 Å². The number of hydrogen-bond acceptors (Lipinski definition) is 11. The highest BCUT2D eigenvalue weighted by atomic mass is 31.2. The van der Waals surface area contributed by atoms with Crippen molar-refractivity contribution < 1.29 is 37.4 Å². The summed E-state index contributed by atoms with van der Waals surface area (Å²) in [5, 5.41) is 13.7. The molecule has 0 amide bonds. The first-order valence-corrected chi connectivity index (χ1v) is 18.1. The lowest BCUT2D eigenvalue weighted by Crippen LogP contribution is -2.43. The molecule has 4 rings (SSSR count). The van der Waals surface area contributed by atoms with Crippen molar-refractivity contribution in [1.29, 1.82) is 0 Å². The number of aliphatic hydroxyl groups is 1. The molecule has 0 spiro atoms. The monoisotopic (exact) mass is 688 g/mol. The van der Waals surface area contributed by atoms with Crippen LogP contribution in [0.25, 0.3) is 11.2 Å². The normalized spacial score (nSPS) is 21.1. The van der Waals surface area contributed by atoms with E-state index in [9.17, 15) is 18.9 Å². The van der Waals surface area contributed by atoms with E-state index in [0.29, 0.717) is 0 Å². The van der Waals surface area contributed by atoms with Gasteiger partial charge in [0.25, 0.3) is 0 Å². The number of fused-ring (bicyclic) bond motifs is 1. The number of nitrogens with zero attached hydrogens (tertiary/aromatic N) is 4. The average Bonchev–Trinajstić information content (AvgIpc) is 3.64. The third-order valence-electron chi connectivity index (χ3n) is 8.15. The molecular formula is C33H46FN6O7P. The number of nitrogen functional groups attached to an aromatic ring is 1. The molecule has 15 heteroatoms. The maximum Gasteiger partial charge on any atom is 0.459 e. The molecule has 3 heterocycles. The molecule has 1 fully saturated rings. The SMILES string of the molecule is C#C[C@]1(CO[P@@](=O)(N[C@@H](C)C(=O)OCCCCCCCCCCCC)Oc2ccccc2)O[C@@H](n2cnc3c(N)nc(F)nc32)C[C@@H]1O. The smallest absolute Gasteiger partial charge is 0.459 e. The molecule has 1 aliphatic rings. The fourth-order valence-electron chi connectivity index (χ4n) is 5.41. The molecule has 0 bridgehead atoms. The molecule has 1 aliphatic heterocycles. The van der Waals surface area contributed by atoms with Gasteiger partial charge < -0.3 is 24.8 Å². The van der Waals surface area contributed by atoms with Crippen LogP contribution in [0, 0.1) is 18.4 Å². The number of halogens is 1. The molecule has 1 saturated heterocycles. The zero-order valence-corrected chi connectivity index (χ0v) is 28.4. The molecule has 0 saturated carbocycles. The number of imidazole rings is 1. The maximum atomic E-state index is 14.1. The van der Waals surface area contributed by atoms with Crippen LogP contribution in [0.3, 0.4) is 0 Å². The van der Waals surface area contributed by atoms with Gasteiger partial charge in [0.05, 0.1) is 12.9 Å². The number of nitrogens with one attached hydrogen (secondary N) is 1. The average molecular weight is 689 g/mol. The number of carbonyl (C=O) groups is 1. The topological polar surface area (TPSA) is 173 Å². The fraction of sp³-hybridized carbons (Fsp3) is 0.576. The Kier molecular flexibility index (Phi) is 13.7. The standard InChI is InChI=1S/C33H46FN6O7P/c1-4-6-7-8-9-10-11-12-13-17-20-44-31(42)24(3)39-48(43,47-25-18-15-14-16-19-25)45-22-33(5-2)26(41)21-27(46-33)40-23-36-28-29(35)37-32(34)38-30(28)40/h2,14-16,18-19,23-24,26-27,41H,4,6-13,17,20-22H2,1,3H3,(H,39,43)(H2,35,37,38)/t24-,26-,27+,33+,48-/m0/s1. The summed E-state index contributed by atoms with van der Waals surface area (Å²) in [5.41, 5.74) is 4.14. The number of benzene rings is 1. The zero-order chi connectivity index (χ0) is 34.6. The van der Waals surface area contributed by atoms with Crippen molar-refractivity contribution in [3.8, 4) is 18.1 Å². The largest absolute Gasteiger partial charge is 0.465 e. The van der Waals surface area contributed by atoms with Gasteiger partial charge in [-0.25, -0.2) is 9.55 Å². The van der Waals surface area contributed by atoms with E-state index in [0.717, 1.165) is 25.7 Å². The first-order valence-electron chi connectivity index (χ1n) is 16.5. The molecule has 262 valence electrons. The maximum absolute atomic E-state index is 14.1. The lowest BCUT2D eigenvalue weighted by molar-refractivity contribution is -0.145. The second-order valence-corrected chi connectivity index (χ2v) is 13.6. The van der Waals surface area contributed by atoms with Gasteiger partial charge in [0.2, 0.25) is 0 Å². The number of nitrogens with two attached hydrogens (primary N) is 1. The summed E-state index contributed by atoms with van der Waals surface area (Å²) in [5.74, 6) is 1.81. The first-order chi connectivity index (χ1) is 23.1. The predicted octanol–water partition coefficient (Wildman–Crippen LogP) is 5.85. The summed E-state index contributed by atoms with van der Waals surface area (Å²) in [7, 11) is -4.33.